The largest absolute Gasteiger partial charge is 0.495 e. The standard InChI is InChI=1S/C12H14ClNO3/c1-16-10-5-4-8(7-9(10)13)14-12(15)11-3-2-6-17-11/h4-5,7,11H,2-3,6H2,1H3,(H,14,15)/t11-/m0/s1. The molecule has 17 heavy (non-hydrogen) atoms. The van der Waals surface area contributed by atoms with Gasteiger partial charge in [-0.2, -0.15) is 0 Å². The Hall–Kier alpha value is -1.26. The van der Waals surface area contributed by atoms with Crippen molar-refractivity contribution in [1.82, 2.24) is 0 Å². The third-order valence-electron chi connectivity index (χ3n) is 2.64. The summed E-state index contributed by atoms with van der Waals surface area (Å²) >= 11 is 5.97. The first-order valence-electron chi connectivity index (χ1n) is 5.46. The first-order chi connectivity index (χ1) is 8.20. The highest BCUT2D eigenvalue weighted by Crippen LogP contribution is 2.27. The van der Waals surface area contributed by atoms with Gasteiger partial charge in [-0.15, -0.1) is 0 Å². The molecular formula is C12H14ClNO3. The SMILES string of the molecule is COc1ccc(NC(=O)[C@@H]2CCCO2)cc1Cl. The lowest BCUT2D eigenvalue weighted by Crippen LogP contribution is -2.26. The fourth-order valence-corrected chi connectivity index (χ4v) is 2.01. The van der Waals surface area contributed by atoms with E-state index in [0.717, 1.165) is 12.8 Å². The molecule has 1 atom stereocenters. The van der Waals surface area contributed by atoms with Crippen molar-refractivity contribution in [2.75, 3.05) is 19.0 Å². The Bertz CT molecular complexity index is 416. The molecule has 0 radical (unpaired) electrons. The first-order valence-corrected chi connectivity index (χ1v) is 5.84. The lowest BCUT2D eigenvalue weighted by atomic mass is 10.2. The van der Waals surface area contributed by atoms with E-state index >= 15 is 0 Å². The molecule has 0 bridgehead atoms. The molecule has 92 valence electrons. The zero-order chi connectivity index (χ0) is 12.3. The van der Waals surface area contributed by atoms with Crippen molar-refractivity contribution in [3.8, 4) is 5.75 Å². The van der Waals surface area contributed by atoms with Crippen LogP contribution >= 0.6 is 11.6 Å². The first kappa shape index (κ1) is 12.2. The number of methoxy groups -OCH3 is 1. The molecule has 0 spiro atoms. The van der Waals surface area contributed by atoms with Crippen LogP contribution in [0.25, 0.3) is 0 Å². The van der Waals surface area contributed by atoms with Crippen molar-refractivity contribution >= 4 is 23.2 Å². The molecule has 1 N–H and O–H groups in total. The van der Waals surface area contributed by atoms with Crippen molar-refractivity contribution in [2.45, 2.75) is 18.9 Å². The summed E-state index contributed by atoms with van der Waals surface area (Å²) in [5, 5.41) is 3.24. The number of rotatable bonds is 3. The second-order valence-electron chi connectivity index (χ2n) is 3.84. The number of benzene rings is 1. The maximum Gasteiger partial charge on any atom is 0.253 e. The molecule has 0 aromatic heterocycles. The fraction of sp³-hybridized carbons (Fsp3) is 0.417. The highest BCUT2D eigenvalue weighted by molar-refractivity contribution is 6.32. The number of carbonyl (C=O) groups excluding carboxylic acids is 1. The van der Waals surface area contributed by atoms with Crippen molar-refractivity contribution in [1.29, 1.82) is 0 Å². The van der Waals surface area contributed by atoms with Gasteiger partial charge in [0.25, 0.3) is 5.91 Å². The van der Waals surface area contributed by atoms with Gasteiger partial charge in [0.2, 0.25) is 0 Å². The van der Waals surface area contributed by atoms with Crippen LogP contribution in [0.2, 0.25) is 5.02 Å². The molecule has 1 fully saturated rings. The van der Waals surface area contributed by atoms with E-state index in [2.05, 4.69) is 5.32 Å². The van der Waals surface area contributed by atoms with Gasteiger partial charge in [0.15, 0.2) is 0 Å². The van der Waals surface area contributed by atoms with Crippen LogP contribution in [0.3, 0.4) is 0 Å². The summed E-state index contributed by atoms with van der Waals surface area (Å²) in [6.45, 7) is 0.654. The molecule has 2 rings (SSSR count). The Morgan fingerprint density at radius 3 is 3.00 bits per heavy atom. The van der Waals surface area contributed by atoms with Crippen LogP contribution in [0.1, 0.15) is 12.8 Å². The Morgan fingerprint density at radius 2 is 2.41 bits per heavy atom. The van der Waals surface area contributed by atoms with Crippen molar-refractivity contribution < 1.29 is 14.3 Å². The maximum absolute atomic E-state index is 11.8. The summed E-state index contributed by atoms with van der Waals surface area (Å²) in [4.78, 5) is 11.8. The van der Waals surface area contributed by atoms with E-state index in [1.165, 1.54) is 0 Å². The van der Waals surface area contributed by atoms with Crippen LogP contribution in [-0.4, -0.2) is 25.7 Å². The average molecular weight is 256 g/mol. The van der Waals surface area contributed by atoms with E-state index in [0.29, 0.717) is 23.1 Å². The smallest absolute Gasteiger partial charge is 0.253 e. The quantitative estimate of drug-likeness (QED) is 0.903. The number of anilines is 1. The zero-order valence-corrected chi connectivity index (χ0v) is 10.3. The van der Waals surface area contributed by atoms with Gasteiger partial charge < -0.3 is 14.8 Å². The summed E-state index contributed by atoms with van der Waals surface area (Å²) in [5.74, 6) is 0.463. The van der Waals surface area contributed by atoms with Crippen molar-refractivity contribution in [2.24, 2.45) is 0 Å². The second-order valence-corrected chi connectivity index (χ2v) is 4.25. The summed E-state index contributed by atoms with van der Waals surface area (Å²) in [6, 6.07) is 5.12. The summed E-state index contributed by atoms with van der Waals surface area (Å²) in [6.07, 6.45) is 1.37. The molecule has 1 saturated heterocycles. The van der Waals surface area contributed by atoms with E-state index in [1.807, 2.05) is 0 Å². The Labute approximate surface area is 105 Å². The summed E-state index contributed by atoms with van der Waals surface area (Å²) in [5.41, 5.74) is 0.649. The Kier molecular flexibility index (Phi) is 3.86. The van der Waals surface area contributed by atoms with Gasteiger partial charge >= 0.3 is 0 Å². The molecule has 1 aromatic rings. The minimum Gasteiger partial charge on any atom is -0.495 e. The van der Waals surface area contributed by atoms with E-state index in [1.54, 1.807) is 25.3 Å². The number of hydrogen-bond donors (Lipinski definition) is 1. The van der Waals surface area contributed by atoms with Gasteiger partial charge in [0.1, 0.15) is 11.9 Å². The molecule has 1 aliphatic heterocycles. The van der Waals surface area contributed by atoms with Gasteiger partial charge in [-0.05, 0) is 31.0 Å². The minimum atomic E-state index is -0.337. The second kappa shape index (κ2) is 5.38. The number of hydrogen-bond acceptors (Lipinski definition) is 3. The zero-order valence-electron chi connectivity index (χ0n) is 9.53. The summed E-state index contributed by atoms with van der Waals surface area (Å²) in [7, 11) is 1.55. The number of amides is 1. The molecule has 1 heterocycles. The fourth-order valence-electron chi connectivity index (χ4n) is 1.75. The van der Waals surface area contributed by atoms with Crippen LogP contribution < -0.4 is 10.1 Å². The van der Waals surface area contributed by atoms with Crippen LogP contribution in [0.5, 0.6) is 5.75 Å². The van der Waals surface area contributed by atoms with E-state index < -0.39 is 0 Å². The number of carbonyl (C=O) groups is 1. The number of halogens is 1. The van der Waals surface area contributed by atoms with Gasteiger partial charge in [-0.1, -0.05) is 11.6 Å². The van der Waals surface area contributed by atoms with Gasteiger partial charge in [0.05, 0.1) is 12.1 Å². The van der Waals surface area contributed by atoms with E-state index in [-0.39, 0.29) is 12.0 Å². The molecule has 1 amide bonds. The van der Waals surface area contributed by atoms with E-state index in [4.69, 9.17) is 21.1 Å². The predicted octanol–water partition coefficient (Wildman–Crippen LogP) is 2.47. The molecule has 0 aliphatic carbocycles. The highest BCUT2D eigenvalue weighted by Gasteiger charge is 2.23. The maximum atomic E-state index is 11.8. The average Bonchev–Trinajstić information content (AvgIpc) is 2.82. The van der Waals surface area contributed by atoms with Gasteiger partial charge in [-0.3, -0.25) is 4.79 Å². The molecule has 1 aromatic carbocycles. The number of ether oxygens (including phenoxy) is 2. The number of nitrogens with one attached hydrogen (secondary N) is 1. The van der Waals surface area contributed by atoms with Crippen LogP contribution in [0, 0.1) is 0 Å². The molecule has 0 unspecified atom stereocenters. The lowest BCUT2D eigenvalue weighted by molar-refractivity contribution is -0.124. The Morgan fingerprint density at radius 1 is 1.59 bits per heavy atom. The lowest BCUT2D eigenvalue weighted by Gasteiger charge is -2.11. The summed E-state index contributed by atoms with van der Waals surface area (Å²) < 4.78 is 10.3. The monoisotopic (exact) mass is 255 g/mol. The van der Waals surface area contributed by atoms with Crippen molar-refractivity contribution in [3.63, 3.8) is 0 Å². The predicted molar refractivity (Wildman–Crippen MR) is 65.6 cm³/mol. The Balaban J connectivity index is 2.03. The third kappa shape index (κ3) is 2.90. The van der Waals surface area contributed by atoms with E-state index in [9.17, 15) is 4.79 Å². The topological polar surface area (TPSA) is 47.6 Å². The van der Waals surface area contributed by atoms with Gasteiger partial charge in [-0.25, -0.2) is 0 Å². The molecule has 0 saturated carbocycles. The normalized spacial score (nSPS) is 19.1. The van der Waals surface area contributed by atoms with Gasteiger partial charge in [0, 0.05) is 12.3 Å². The molecule has 5 heteroatoms. The molecular weight excluding hydrogens is 242 g/mol. The van der Waals surface area contributed by atoms with Crippen LogP contribution in [-0.2, 0) is 9.53 Å². The molecule has 1 aliphatic rings. The van der Waals surface area contributed by atoms with Crippen LogP contribution in [0.15, 0.2) is 18.2 Å². The highest BCUT2D eigenvalue weighted by atomic mass is 35.5. The van der Waals surface area contributed by atoms with Crippen molar-refractivity contribution in [3.05, 3.63) is 23.2 Å². The molecule has 4 nitrogen and oxygen atoms in total. The third-order valence-corrected chi connectivity index (χ3v) is 2.94. The minimum absolute atomic E-state index is 0.122. The van der Waals surface area contributed by atoms with Crippen LogP contribution in [0.4, 0.5) is 5.69 Å².